The molecule has 0 saturated carbocycles. The number of halogens is 1. The zero-order valence-electron chi connectivity index (χ0n) is 20.1. The Hall–Kier alpha value is -3.61. The Morgan fingerprint density at radius 1 is 0.806 bits per heavy atom. The van der Waals surface area contributed by atoms with Crippen LogP contribution in [0.4, 0.5) is 5.69 Å². The fraction of sp³-hybridized carbons (Fsp3) is 0.138. The third-order valence-corrected chi connectivity index (χ3v) is 7.87. The molecule has 0 radical (unpaired) electrons. The van der Waals surface area contributed by atoms with Gasteiger partial charge in [0.05, 0.1) is 16.6 Å². The second kappa shape index (κ2) is 11.0. The summed E-state index contributed by atoms with van der Waals surface area (Å²) in [6, 6.07) is 30.1. The van der Waals surface area contributed by atoms with Crippen molar-refractivity contribution in [3.05, 3.63) is 130 Å². The van der Waals surface area contributed by atoms with Gasteiger partial charge in [0.1, 0.15) is 6.54 Å². The van der Waals surface area contributed by atoms with Crippen LogP contribution in [0.5, 0.6) is 0 Å². The third kappa shape index (κ3) is 5.96. The van der Waals surface area contributed by atoms with Crippen LogP contribution in [0.2, 0.25) is 5.02 Å². The fourth-order valence-corrected chi connectivity index (χ4v) is 5.47. The van der Waals surface area contributed by atoms with Crippen molar-refractivity contribution in [3.8, 4) is 0 Å². The molecule has 1 N–H and O–H groups in total. The van der Waals surface area contributed by atoms with Gasteiger partial charge in [-0.1, -0.05) is 83.9 Å². The van der Waals surface area contributed by atoms with Crippen LogP contribution in [0.25, 0.3) is 0 Å². The van der Waals surface area contributed by atoms with Crippen molar-refractivity contribution in [3.63, 3.8) is 0 Å². The van der Waals surface area contributed by atoms with Gasteiger partial charge in [-0.3, -0.25) is 9.10 Å². The maximum Gasteiger partial charge on any atom is 0.264 e. The highest BCUT2D eigenvalue weighted by Crippen LogP contribution is 2.27. The molecule has 4 aromatic rings. The van der Waals surface area contributed by atoms with Gasteiger partial charge in [0, 0.05) is 5.02 Å². The Morgan fingerprint density at radius 3 is 2.08 bits per heavy atom. The highest BCUT2D eigenvalue weighted by molar-refractivity contribution is 7.92. The summed E-state index contributed by atoms with van der Waals surface area (Å²) in [4.78, 5) is 13.5. The predicted molar refractivity (Wildman–Crippen MR) is 145 cm³/mol. The van der Waals surface area contributed by atoms with Gasteiger partial charge in [-0.2, -0.15) is 0 Å². The number of hydrogen-bond acceptors (Lipinski definition) is 3. The van der Waals surface area contributed by atoms with E-state index in [1.807, 2.05) is 74.5 Å². The number of rotatable bonds is 8. The van der Waals surface area contributed by atoms with E-state index < -0.39 is 22.0 Å². The third-order valence-electron chi connectivity index (χ3n) is 5.83. The van der Waals surface area contributed by atoms with E-state index in [-0.39, 0.29) is 11.4 Å². The minimum Gasteiger partial charge on any atom is -0.344 e. The predicted octanol–water partition coefficient (Wildman–Crippen LogP) is 6.06. The average molecular weight is 519 g/mol. The average Bonchev–Trinajstić information content (AvgIpc) is 2.87. The number of amides is 1. The molecule has 184 valence electrons. The summed E-state index contributed by atoms with van der Waals surface area (Å²) < 4.78 is 28.4. The van der Waals surface area contributed by atoms with Gasteiger partial charge in [0.2, 0.25) is 5.91 Å². The van der Waals surface area contributed by atoms with Crippen LogP contribution in [0.3, 0.4) is 0 Å². The van der Waals surface area contributed by atoms with E-state index >= 15 is 0 Å². The molecule has 7 heteroatoms. The number of nitrogens with zero attached hydrogens (tertiary/aromatic N) is 1. The van der Waals surface area contributed by atoms with Crippen LogP contribution in [-0.2, 0) is 14.8 Å². The molecule has 1 amide bonds. The zero-order chi connectivity index (χ0) is 25.7. The molecule has 4 aromatic carbocycles. The van der Waals surface area contributed by atoms with Crippen molar-refractivity contribution in [2.24, 2.45) is 0 Å². The number of aryl methyl sites for hydroxylation is 2. The number of carbonyl (C=O) groups is 1. The standard InChI is InChI=1S/C29H27ClN2O3S/c1-21-11-13-24(14-12-21)29(23-8-4-3-5-9-23)31-28(33)20-32(26-10-6-7-22(2)19-26)36(34,35)27-17-15-25(30)16-18-27/h3-19,29H,20H2,1-2H3,(H,31,33). The summed E-state index contributed by atoms with van der Waals surface area (Å²) in [5.41, 5.74) is 4.20. The second-order valence-corrected chi connectivity index (χ2v) is 10.9. The molecule has 0 aliphatic carbocycles. The Balaban J connectivity index is 1.68. The molecule has 0 aliphatic heterocycles. The molecule has 0 aliphatic rings. The number of benzene rings is 4. The largest absolute Gasteiger partial charge is 0.344 e. The summed E-state index contributed by atoms with van der Waals surface area (Å²) >= 11 is 5.97. The molecule has 0 saturated heterocycles. The first-order chi connectivity index (χ1) is 17.2. The van der Waals surface area contributed by atoms with E-state index in [1.54, 1.807) is 18.2 Å². The van der Waals surface area contributed by atoms with E-state index in [0.717, 1.165) is 26.6 Å². The lowest BCUT2D eigenvalue weighted by Gasteiger charge is -2.26. The zero-order valence-corrected chi connectivity index (χ0v) is 21.6. The molecule has 0 fully saturated rings. The number of carbonyl (C=O) groups excluding carboxylic acids is 1. The number of nitrogens with one attached hydrogen (secondary N) is 1. The van der Waals surface area contributed by atoms with Crippen molar-refractivity contribution in [2.45, 2.75) is 24.8 Å². The van der Waals surface area contributed by atoms with Gasteiger partial charge in [-0.05, 0) is 66.9 Å². The first-order valence-corrected chi connectivity index (χ1v) is 13.3. The summed E-state index contributed by atoms with van der Waals surface area (Å²) in [7, 11) is -4.04. The Morgan fingerprint density at radius 2 is 1.44 bits per heavy atom. The van der Waals surface area contributed by atoms with Crippen molar-refractivity contribution < 1.29 is 13.2 Å². The summed E-state index contributed by atoms with van der Waals surface area (Å²) in [5.74, 6) is -0.427. The highest BCUT2D eigenvalue weighted by atomic mass is 35.5. The molecule has 0 spiro atoms. The van der Waals surface area contributed by atoms with Crippen molar-refractivity contribution in [2.75, 3.05) is 10.8 Å². The van der Waals surface area contributed by atoms with Crippen molar-refractivity contribution in [1.29, 1.82) is 0 Å². The topological polar surface area (TPSA) is 66.5 Å². The minimum atomic E-state index is -4.04. The van der Waals surface area contributed by atoms with Crippen LogP contribution in [-0.4, -0.2) is 20.9 Å². The van der Waals surface area contributed by atoms with Gasteiger partial charge in [-0.25, -0.2) is 8.42 Å². The first kappa shape index (κ1) is 25.5. The highest BCUT2D eigenvalue weighted by Gasteiger charge is 2.28. The molecule has 36 heavy (non-hydrogen) atoms. The van der Waals surface area contributed by atoms with E-state index in [9.17, 15) is 13.2 Å². The SMILES string of the molecule is Cc1ccc(C(NC(=O)CN(c2cccc(C)c2)S(=O)(=O)c2ccc(Cl)cc2)c2ccccc2)cc1. The van der Waals surface area contributed by atoms with Crippen LogP contribution >= 0.6 is 11.6 Å². The summed E-state index contributed by atoms with van der Waals surface area (Å²) in [6.45, 7) is 3.49. The van der Waals surface area contributed by atoms with Crippen molar-refractivity contribution in [1.82, 2.24) is 5.32 Å². The molecule has 0 bridgehead atoms. The first-order valence-electron chi connectivity index (χ1n) is 11.5. The lowest BCUT2D eigenvalue weighted by Crippen LogP contribution is -2.42. The van der Waals surface area contributed by atoms with Crippen molar-refractivity contribution >= 4 is 33.2 Å². The Labute approximate surface area is 217 Å². The second-order valence-electron chi connectivity index (χ2n) is 8.63. The molecular weight excluding hydrogens is 492 g/mol. The minimum absolute atomic E-state index is 0.0550. The van der Waals surface area contributed by atoms with Crippen LogP contribution in [0.15, 0.2) is 108 Å². The number of sulfonamides is 1. The fourth-order valence-electron chi connectivity index (χ4n) is 3.93. The monoisotopic (exact) mass is 518 g/mol. The molecular formula is C29H27ClN2O3S. The normalized spacial score (nSPS) is 12.1. The molecule has 1 atom stereocenters. The van der Waals surface area contributed by atoms with Gasteiger partial charge in [0.15, 0.2) is 0 Å². The van der Waals surface area contributed by atoms with Gasteiger partial charge in [0.25, 0.3) is 10.0 Å². The number of hydrogen-bond donors (Lipinski definition) is 1. The molecule has 1 unspecified atom stereocenters. The lowest BCUT2D eigenvalue weighted by molar-refractivity contribution is -0.120. The maximum absolute atomic E-state index is 13.7. The van der Waals surface area contributed by atoms with Gasteiger partial charge >= 0.3 is 0 Å². The van der Waals surface area contributed by atoms with E-state index in [2.05, 4.69) is 5.32 Å². The van der Waals surface area contributed by atoms with Crippen LogP contribution in [0.1, 0.15) is 28.3 Å². The molecule has 0 aromatic heterocycles. The number of anilines is 1. The van der Waals surface area contributed by atoms with Gasteiger partial charge in [-0.15, -0.1) is 0 Å². The Kier molecular flexibility index (Phi) is 7.77. The molecule has 0 heterocycles. The smallest absolute Gasteiger partial charge is 0.264 e. The van der Waals surface area contributed by atoms with Crippen LogP contribution < -0.4 is 9.62 Å². The molecule has 4 rings (SSSR count). The summed E-state index contributed by atoms with van der Waals surface area (Å²) in [5, 5.41) is 3.48. The lowest BCUT2D eigenvalue weighted by atomic mass is 9.98. The quantitative estimate of drug-likeness (QED) is 0.308. The summed E-state index contributed by atoms with van der Waals surface area (Å²) in [6.07, 6.45) is 0. The van der Waals surface area contributed by atoms with Crippen LogP contribution in [0, 0.1) is 13.8 Å². The Bertz CT molecular complexity index is 1440. The van der Waals surface area contributed by atoms with E-state index in [4.69, 9.17) is 11.6 Å². The van der Waals surface area contributed by atoms with E-state index in [1.165, 1.54) is 24.3 Å². The molecule has 5 nitrogen and oxygen atoms in total. The van der Waals surface area contributed by atoms with E-state index in [0.29, 0.717) is 10.7 Å². The maximum atomic E-state index is 13.7. The van der Waals surface area contributed by atoms with Gasteiger partial charge < -0.3 is 5.32 Å².